The van der Waals surface area contributed by atoms with Crippen molar-refractivity contribution in [2.24, 2.45) is 0 Å². The SMILES string of the molecule is CC(O)C(C)SCCC(C#N)(NC1CC1)c1ccccc1. The average Bonchev–Trinajstić information content (AvgIpc) is 3.30. The lowest BCUT2D eigenvalue weighted by Gasteiger charge is -2.29. The summed E-state index contributed by atoms with van der Waals surface area (Å²) in [4.78, 5) is 0. The van der Waals surface area contributed by atoms with Crippen LogP contribution in [-0.4, -0.2) is 28.3 Å². The first-order chi connectivity index (χ1) is 10.1. The van der Waals surface area contributed by atoms with Crippen LogP contribution in [-0.2, 0) is 5.54 Å². The van der Waals surface area contributed by atoms with E-state index in [1.165, 1.54) is 0 Å². The van der Waals surface area contributed by atoms with Crippen LogP contribution in [0.15, 0.2) is 30.3 Å². The van der Waals surface area contributed by atoms with Crippen molar-refractivity contribution in [1.29, 1.82) is 5.26 Å². The Labute approximate surface area is 131 Å². The predicted octanol–water partition coefficient (Wildman–Crippen LogP) is 3.05. The summed E-state index contributed by atoms with van der Waals surface area (Å²) in [6.45, 7) is 3.84. The van der Waals surface area contributed by atoms with E-state index in [-0.39, 0.29) is 11.4 Å². The van der Waals surface area contributed by atoms with Crippen molar-refractivity contribution in [3.05, 3.63) is 35.9 Å². The van der Waals surface area contributed by atoms with Gasteiger partial charge in [0.25, 0.3) is 0 Å². The molecule has 3 unspecified atom stereocenters. The van der Waals surface area contributed by atoms with Crippen LogP contribution in [0.1, 0.15) is 38.7 Å². The van der Waals surface area contributed by atoms with Crippen LogP contribution in [0.25, 0.3) is 0 Å². The molecular weight excluding hydrogens is 280 g/mol. The summed E-state index contributed by atoms with van der Waals surface area (Å²) in [6.07, 6.45) is 2.76. The van der Waals surface area contributed by atoms with Gasteiger partial charge in [0, 0.05) is 11.3 Å². The predicted molar refractivity (Wildman–Crippen MR) is 88.1 cm³/mol. The third kappa shape index (κ3) is 4.47. The molecule has 0 spiro atoms. The number of aliphatic hydroxyl groups excluding tert-OH is 1. The summed E-state index contributed by atoms with van der Waals surface area (Å²) in [7, 11) is 0. The maximum absolute atomic E-state index is 9.81. The zero-order chi connectivity index (χ0) is 15.3. The molecule has 1 aromatic carbocycles. The minimum Gasteiger partial charge on any atom is -0.392 e. The lowest BCUT2D eigenvalue weighted by Crippen LogP contribution is -2.43. The number of benzene rings is 1. The number of hydrogen-bond donors (Lipinski definition) is 2. The second-order valence-corrected chi connectivity index (χ2v) is 7.35. The van der Waals surface area contributed by atoms with E-state index >= 15 is 0 Å². The summed E-state index contributed by atoms with van der Waals surface area (Å²) in [6, 6.07) is 13.0. The highest BCUT2D eigenvalue weighted by molar-refractivity contribution is 7.99. The Balaban J connectivity index is 2.07. The Morgan fingerprint density at radius 3 is 2.57 bits per heavy atom. The first-order valence-corrected chi connectivity index (χ1v) is 8.66. The van der Waals surface area contributed by atoms with E-state index in [0.29, 0.717) is 6.04 Å². The smallest absolute Gasteiger partial charge is 0.133 e. The van der Waals surface area contributed by atoms with Gasteiger partial charge in [-0.25, -0.2) is 0 Å². The zero-order valence-electron chi connectivity index (χ0n) is 12.7. The number of nitrogens with zero attached hydrogens (tertiary/aromatic N) is 1. The van der Waals surface area contributed by atoms with Gasteiger partial charge in [0.1, 0.15) is 5.54 Å². The first-order valence-electron chi connectivity index (χ1n) is 7.61. The number of hydrogen-bond acceptors (Lipinski definition) is 4. The van der Waals surface area contributed by atoms with E-state index in [2.05, 4.69) is 11.4 Å². The molecule has 0 amide bonds. The van der Waals surface area contributed by atoms with Crippen molar-refractivity contribution < 1.29 is 5.11 Å². The van der Waals surface area contributed by atoms with Gasteiger partial charge in [-0.1, -0.05) is 37.3 Å². The molecule has 1 aliphatic rings. The minimum atomic E-state index is -0.603. The number of aliphatic hydroxyl groups is 1. The second-order valence-electron chi connectivity index (χ2n) is 5.87. The van der Waals surface area contributed by atoms with Crippen molar-refractivity contribution in [3.8, 4) is 6.07 Å². The van der Waals surface area contributed by atoms with Gasteiger partial charge in [-0.2, -0.15) is 17.0 Å². The number of thioether (sulfide) groups is 1. The zero-order valence-corrected chi connectivity index (χ0v) is 13.6. The Bertz CT molecular complexity index is 481. The molecule has 2 rings (SSSR count). The molecule has 21 heavy (non-hydrogen) atoms. The van der Waals surface area contributed by atoms with Gasteiger partial charge in [-0.05, 0) is 37.5 Å². The fourth-order valence-electron chi connectivity index (χ4n) is 2.29. The summed E-state index contributed by atoms with van der Waals surface area (Å²) >= 11 is 1.73. The van der Waals surface area contributed by atoms with E-state index in [0.717, 1.165) is 30.6 Å². The molecule has 0 aromatic heterocycles. The van der Waals surface area contributed by atoms with Crippen molar-refractivity contribution in [2.75, 3.05) is 5.75 Å². The highest BCUT2D eigenvalue weighted by atomic mass is 32.2. The Kier molecular flexibility index (Phi) is 5.69. The van der Waals surface area contributed by atoms with Crippen LogP contribution in [0.5, 0.6) is 0 Å². The van der Waals surface area contributed by atoms with Gasteiger partial charge in [-0.15, -0.1) is 0 Å². The van der Waals surface area contributed by atoms with Crippen LogP contribution >= 0.6 is 11.8 Å². The largest absolute Gasteiger partial charge is 0.392 e. The van der Waals surface area contributed by atoms with Crippen LogP contribution in [0.2, 0.25) is 0 Å². The second kappa shape index (κ2) is 7.31. The molecule has 1 saturated carbocycles. The molecule has 3 nitrogen and oxygen atoms in total. The molecule has 0 heterocycles. The van der Waals surface area contributed by atoms with Crippen molar-refractivity contribution in [1.82, 2.24) is 5.32 Å². The van der Waals surface area contributed by atoms with Gasteiger partial charge in [0.2, 0.25) is 0 Å². The van der Waals surface area contributed by atoms with Crippen LogP contribution in [0, 0.1) is 11.3 Å². The van der Waals surface area contributed by atoms with Gasteiger partial charge in [-0.3, -0.25) is 5.32 Å². The van der Waals surface area contributed by atoms with Gasteiger partial charge >= 0.3 is 0 Å². The van der Waals surface area contributed by atoms with Gasteiger partial charge in [0.05, 0.1) is 12.2 Å². The molecular formula is C17H24N2OS. The lowest BCUT2D eigenvalue weighted by molar-refractivity contribution is 0.196. The summed E-state index contributed by atoms with van der Waals surface area (Å²) in [5.74, 6) is 0.855. The Morgan fingerprint density at radius 2 is 2.05 bits per heavy atom. The third-order valence-electron chi connectivity index (χ3n) is 4.02. The lowest BCUT2D eigenvalue weighted by atomic mass is 9.88. The average molecular weight is 304 g/mol. The minimum absolute atomic E-state index is 0.193. The first kappa shape index (κ1) is 16.4. The maximum Gasteiger partial charge on any atom is 0.133 e. The summed E-state index contributed by atoms with van der Waals surface area (Å²) in [5.41, 5.74) is 0.443. The normalized spacial score (nSPS) is 20.3. The molecule has 0 radical (unpaired) electrons. The molecule has 0 aliphatic heterocycles. The van der Waals surface area contributed by atoms with E-state index in [1.54, 1.807) is 11.8 Å². The molecule has 2 N–H and O–H groups in total. The molecule has 1 aliphatic carbocycles. The van der Waals surface area contributed by atoms with Crippen molar-refractivity contribution in [3.63, 3.8) is 0 Å². The standard InChI is InChI=1S/C17H24N2OS/c1-13(20)14(2)21-11-10-17(12-18,19-16-8-9-16)15-6-4-3-5-7-15/h3-7,13-14,16,19-20H,8-11H2,1-2H3. The van der Waals surface area contributed by atoms with E-state index in [4.69, 9.17) is 0 Å². The fraction of sp³-hybridized carbons (Fsp3) is 0.588. The monoisotopic (exact) mass is 304 g/mol. The molecule has 1 fully saturated rings. The van der Waals surface area contributed by atoms with E-state index in [9.17, 15) is 10.4 Å². The fourth-order valence-corrected chi connectivity index (χ4v) is 3.36. The van der Waals surface area contributed by atoms with Gasteiger partial charge in [0.15, 0.2) is 0 Å². The number of nitriles is 1. The Morgan fingerprint density at radius 1 is 1.38 bits per heavy atom. The quantitative estimate of drug-likeness (QED) is 0.775. The van der Waals surface area contributed by atoms with Crippen LogP contribution in [0.3, 0.4) is 0 Å². The summed E-state index contributed by atoms with van der Waals surface area (Å²) in [5, 5.41) is 23.1. The molecule has 0 bridgehead atoms. The van der Waals surface area contributed by atoms with E-state index in [1.807, 2.05) is 44.2 Å². The van der Waals surface area contributed by atoms with Crippen LogP contribution in [0.4, 0.5) is 0 Å². The number of rotatable bonds is 8. The molecule has 3 atom stereocenters. The van der Waals surface area contributed by atoms with Crippen LogP contribution < -0.4 is 5.32 Å². The van der Waals surface area contributed by atoms with Gasteiger partial charge < -0.3 is 5.11 Å². The molecule has 0 saturated heterocycles. The maximum atomic E-state index is 9.81. The molecule has 1 aromatic rings. The highest BCUT2D eigenvalue weighted by Gasteiger charge is 2.37. The molecule has 4 heteroatoms. The number of nitrogens with one attached hydrogen (secondary N) is 1. The highest BCUT2D eigenvalue weighted by Crippen LogP contribution is 2.32. The Hall–Kier alpha value is -1.02. The van der Waals surface area contributed by atoms with Crippen molar-refractivity contribution >= 4 is 11.8 Å². The summed E-state index contributed by atoms with van der Waals surface area (Å²) < 4.78 is 0. The van der Waals surface area contributed by atoms with E-state index < -0.39 is 5.54 Å². The molecule has 114 valence electrons. The topological polar surface area (TPSA) is 56.0 Å². The van der Waals surface area contributed by atoms with Crippen molar-refractivity contribution in [2.45, 2.75) is 56.0 Å². The third-order valence-corrected chi connectivity index (χ3v) is 5.38.